The lowest BCUT2D eigenvalue weighted by Crippen LogP contribution is -2.30. The van der Waals surface area contributed by atoms with Crippen molar-refractivity contribution in [2.75, 3.05) is 5.32 Å². The van der Waals surface area contributed by atoms with Crippen LogP contribution in [0.2, 0.25) is 0 Å². The molecule has 2 N–H and O–H groups in total. The molecule has 68 valence electrons. The van der Waals surface area contributed by atoms with Gasteiger partial charge >= 0.3 is 0 Å². The van der Waals surface area contributed by atoms with Crippen LogP contribution in [0, 0.1) is 6.92 Å². The van der Waals surface area contributed by atoms with Crippen molar-refractivity contribution < 1.29 is 9.90 Å². The zero-order valence-corrected chi connectivity index (χ0v) is 7.59. The molecule has 1 atom stereocenters. The third kappa shape index (κ3) is 1.04. The van der Waals surface area contributed by atoms with Crippen LogP contribution in [0.15, 0.2) is 18.2 Å². The molecule has 1 aliphatic heterocycles. The molecule has 1 aromatic rings. The van der Waals surface area contributed by atoms with Gasteiger partial charge in [-0.05, 0) is 25.5 Å². The number of aliphatic hydroxyl groups is 1. The number of hydrogen-bond acceptors (Lipinski definition) is 2. The summed E-state index contributed by atoms with van der Waals surface area (Å²) in [5.41, 5.74) is 1.07. The topological polar surface area (TPSA) is 49.3 Å². The number of aryl methyl sites for hydroxylation is 1. The molecule has 1 aromatic carbocycles. The van der Waals surface area contributed by atoms with E-state index in [0.717, 1.165) is 11.3 Å². The number of carbonyl (C=O) groups is 1. The van der Waals surface area contributed by atoms with Gasteiger partial charge in [-0.25, -0.2) is 0 Å². The highest BCUT2D eigenvalue weighted by atomic mass is 16.3. The Kier molecular flexibility index (Phi) is 1.48. The molecule has 1 heterocycles. The number of fused-ring (bicyclic) bond motifs is 1. The number of benzene rings is 1. The first-order valence-electron chi connectivity index (χ1n) is 4.17. The van der Waals surface area contributed by atoms with Crippen LogP contribution in [-0.4, -0.2) is 11.0 Å². The molecule has 0 aliphatic carbocycles. The summed E-state index contributed by atoms with van der Waals surface area (Å²) in [6.07, 6.45) is 0. The molecule has 0 saturated heterocycles. The van der Waals surface area contributed by atoms with Gasteiger partial charge in [0.1, 0.15) is 0 Å². The number of nitrogens with one attached hydrogen (secondary N) is 1. The Hall–Kier alpha value is -1.35. The summed E-state index contributed by atoms with van der Waals surface area (Å²) < 4.78 is 0. The van der Waals surface area contributed by atoms with E-state index in [1.165, 1.54) is 6.92 Å². The van der Waals surface area contributed by atoms with E-state index in [-0.39, 0.29) is 5.91 Å². The highest BCUT2D eigenvalue weighted by Crippen LogP contribution is 2.35. The second-order valence-electron chi connectivity index (χ2n) is 3.58. The van der Waals surface area contributed by atoms with Crippen LogP contribution in [0.4, 0.5) is 5.69 Å². The molecule has 13 heavy (non-hydrogen) atoms. The van der Waals surface area contributed by atoms with Crippen molar-refractivity contribution >= 4 is 11.6 Å². The Morgan fingerprint density at radius 1 is 1.46 bits per heavy atom. The molecule has 0 fully saturated rings. The lowest BCUT2D eigenvalue weighted by molar-refractivity contribution is -0.131. The van der Waals surface area contributed by atoms with Gasteiger partial charge in [-0.15, -0.1) is 0 Å². The predicted molar refractivity (Wildman–Crippen MR) is 49.4 cm³/mol. The number of hydrogen-bond donors (Lipinski definition) is 2. The Balaban J connectivity index is 2.62. The number of rotatable bonds is 0. The van der Waals surface area contributed by atoms with E-state index in [1.807, 2.05) is 19.1 Å². The summed E-state index contributed by atoms with van der Waals surface area (Å²) in [5, 5.41) is 12.4. The van der Waals surface area contributed by atoms with E-state index >= 15 is 0 Å². The average molecular weight is 177 g/mol. The third-order valence-corrected chi connectivity index (χ3v) is 2.39. The van der Waals surface area contributed by atoms with E-state index in [0.29, 0.717) is 5.56 Å². The standard InChI is InChI=1S/C10H11NO2/c1-6-3-4-7-8(5-6)11-9(12)10(7,2)13/h3-5,13H,1-2H3,(H,11,12). The minimum atomic E-state index is -1.37. The lowest BCUT2D eigenvalue weighted by atomic mass is 9.97. The Bertz CT molecular complexity index is 383. The smallest absolute Gasteiger partial charge is 0.260 e. The van der Waals surface area contributed by atoms with Gasteiger partial charge in [0.05, 0.1) is 0 Å². The van der Waals surface area contributed by atoms with Gasteiger partial charge < -0.3 is 10.4 Å². The van der Waals surface area contributed by atoms with Crippen LogP contribution in [0.1, 0.15) is 18.1 Å². The first-order valence-corrected chi connectivity index (χ1v) is 4.17. The Morgan fingerprint density at radius 3 is 2.85 bits per heavy atom. The molecule has 1 unspecified atom stereocenters. The van der Waals surface area contributed by atoms with Crippen molar-refractivity contribution in [3.05, 3.63) is 29.3 Å². The maximum Gasteiger partial charge on any atom is 0.260 e. The molecule has 0 aromatic heterocycles. The average Bonchev–Trinajstić information content (AvgIpc) is 2.23. The molecule has 0 bridgehead atoms. The first-order chi connectivity index (χ1) is 6.01. The van der Waals surface area contributed by atoms with Gasteiger partial charge in [-0.2, -0.15) is 0 Å². The molecule has 0 spiro atoms. The minimum Gasteiger partial charge on any atom is -0.375 e. The van der Waals surface area contributed by atoms with E-state index in [4.69, 9.17) is 0 Å². The zero-order valence-electron chi connectivity index (χ0n) is 7.59. The molecule has 3 nitrogen and oxygen atoms in total. The fraction of sp³-hybridized carbons (Fsp3) is 0.300. The van der Waals surface area contributed by atoms with Crippen LogP contribution in [0.25, 0.3) is 0 Å². The Labute approximate surface area is 76.4 Å². The van der Waals surface area contributed by atoms with Crippen LogP contribution in [0.5, 0.6) is 0 Å². The molecular formula is C10H11NO2. The summed E-state index contributed by atoms with van der Waals surface area (Å²) >= 11 is 0. The maximum absolute atomic E-state index is 11.3. The largest absolute Gasteiger partial charge is 0.375 e. The molecule has 1 aliphatic rings. The fourth-order valence-corrected chi connectivity index (χ4v) is 1.55. The third-order valence-electron chi connectivity index (χ3n) is 2.39. The Morgan fingerprint density at radius 2 is 2.15 bits per heavy atom. The number of carbonyl (C=O) groups excluding carboxylic acids is 1. The lowest BCUT2D eigenvalue weighted by Gasteiger charge is -2.13. The van der Waals surface area contributed by atoms with Crippen LogP contribution in [-0.2, 0) is 10.4 Å². The van der Waals surface area contributed by atoms with Gasteiger partial charge in [0.25, 0.3) is 5.91 Å². The monoisotopic (exact) mass is 177 g/mol. The van der Waals surface area contributed by atoms with Crippen molar-refractivity contribution in [1.29, 1.82) is 0 Å². The van der Waals surface area contributed by atoms with Crippen molar-refractivity contribution in [1.82, 2.24) is 0 Å². The SMILES string of the molecule is Cc1ccc2c(c1)NC(=O)C2(C)O. The van der Waals surface area contributed by atoms with Crippen molar-refractivity contribution in [2.45, 2.75) is 19.4 Å². The van der Waals surface area contributed by atoms with Gasteiger partial charge in [0.2, 0.25) is 0 Å². The van der Waals surface area contributed by atoms with Crippen LogP contribution in [0.3, 0.4) is 0 Å². The maximum atomic E-state index is 11.3. The van der Waals surface area contributed by atoms with E-state index < -0.39 is 5.60 Å². The fourth-order valence-electron chi connectivity index (χ4n) is 1.55. The molecule has 3 heteroatoms. The molecule has 1 amide bonds. The predicted octanol–water partition coefficient (Wildman–Crippen LogP) is 1.15. The second kappa shape index (κ2) is 2.33. The second-order valence-corrected chi connectivity index (χ2v) is 3.58. The van der Waals surface area contributed by atoms with Gasteiger partial charge in [0, 0.05) is 11.3 Å². The van der Waals surface area contributed by atoms with Crippen molar-refractivity contribution in [3.63, 3.8) is 0 Å². The molecule has 2 rings (SSSR count). The summed E-state index contributed by atoms with van der Waals surface area (Å²) in [5.74, 6) is -0.354. The van der Waals surface area contributed by atoms with E-state index in [2.05, 4.69) is 5.32 Å². The van der Waals surface area contributed by atoms with Gasteiger partial charge in [-0.3, -0.25) is 4.79 Å². The zero-order chi connectivity index (χ0) is 9.64. The number of anilines is 1. The summed E-state index contributed by atoms with van der Waals surface area (Å²) in [4.78, 5) is 11.3. The van der Waals surface area contributed by atoms with Crippen LogP contribution >= 0.6 is 0 Å². The highest BCUT2D eigenvalue weighted by Gasteiger charge is 2.40. The van der Waals surface area contributed by atoms with E-state index in [9.17, 15) is 9.90 Å². The van der Waals surface area contributed by atoms with Crippen LogP contribution < -0.4 is 5.32 Å². The van der Waals surface area contributed by atoms with Crippen molar-refractivity contribution in [2.24, 2.45) is 0 Å². The number of amides is 1. The van der Waals surface area contributed by atoms with Gasteiger partial charge in [-0.1, -0.05) is 12.1 Å². The van der Waals surface area contributed by atoms with Gasteiger partial charge in [0.15, 0.2) is 5.60 Å². The summed E-state index contributed by atoms with van der Waals surface area (Å²) in [7, 11) is 0. The first kappa shape index (κ1) is 8.26. The molecular weight excluding hydrogens is 166 g/mol. The van der Waals surface area contributed by atoms with Crippen molar-refractivity contribution in [3.8, 4) is 0 Å². The molecule has 0 saturated carbocycles. The quantitative estimate of drug-likeness (QED) is 0.624. The molecule has 0 radical (unpaired) electrons. The van der Waals surface area contributed by atoms with E-state index in [1.54, 1.807) is 6.07 Å². The highest BCUT2D eigenvalue weighted by molar-refractivity contribution is 6.04. The normalized spacial score (nSPS) is 25.6. The summed E-state index contributed by atoms with van der Waals surface area (Å²) in [6, 6.07) is 5.52. The minimum absolute atomic E-state index is 0.354. The summed E-state index contributed by atoms with van der Waals surface area (Å²) in [6.45, 7) is 3.45.